The van der Waals surface area contributed by atoms with Crippen molar-refractivity contribution in [3.05, 3.63) is 30.5 Å². The quantitative estimate of drug-likeness (QED) is 0.873. The van der Waals surface area contributed by atoms with E-state index in [-0.39, 0.29) is 5.69 Å². The van der Waals surface area contributed by atoms with Crippen LogP contribution in [0.3, 0.4) is 0 Å². The van der Waals surface area contributed by atoms with Gasteiger partial charge in [-0.3, -0.25) is 0 Å². The lowest BCUT2D eigenvalue weighted by Gasteiger charge is -2.36. The second-order valence-corrected chi connectivity index (χ2v) is 6.68. The van der Waals surface area contributed by atoms with Crippen molar-refractivity contribution in [3.63, 3.8) is 0 Å². The van der Waals surface area contributed by atoms with Crippen LogP contribution in [-0.4, -0.2) is 50.0 Å². The van der Waals surface area contributed by atoms with E-state index in [1.807, 2.05) is 12.1 Å². The van der Waals surface area contributed by atoms with E-state index in [0.717, 1.165) is 18.7 Å². The number of nitrogens with one attached hydrogen (secondary N) is 2. The molecule has 2 aliphatic heterocycles. The molecule has 2 atom stereocenters. The zero-order valence-electron chi connectivity index (χ0n) is 14.1. The fourth-order valence-corrected chi connectivity index (χ4v) is 3.82. The van der Waals surface area contributed by atoms with Gasteiger partial charge in [-0.15, -0.1) is 0 Å². The number of nitrogens with zero attached hydrogens (tertiary/aromatic N) is 6. The largest absolute Gasteiger partial charge is 0.367 e. The van der Waals surface area contributed by atoms with Crippen LogP contribution in [0.15, 0.2) is 24.8 Å². The molecule has 0 aliphatic carbocycles. The third kappa shape index (κ3) is 3.37. The molecular weight excluding hydrogens is 316 g/mol. The minimum absolute atomic E-state index is 0.285. The SMILES string of the molecule is CN1C2CCC1CC(Nc1cc(Nc3cnc(C#N)cn3)ncn1)C2. The summed E-state index contributed by atoms with van der Waals surface area (Å²) in [6.45, 7) is 0. The minimum atomic E-state index is 0.285. The molecule has 8 nitrogen and oxygen atoms in total. The molecule has 0 aromatic carbocycles. The average molecular weight is 336 g/mol. The molecule has 2 bridgehead atoms. The Hall–Kier alpha value is -2.79. The first kappa shape index (κ1) is 15.7. The predicted octanol–water partition coefficient (Wildman–Crippen LogP) is 1.92. The zero-order valence-corrected chi connectivity index (χ0v) is 14.1. The summed E-state index contributed by atoms with van der Waals surface area (Å²) in [5, 5.41) is 15.4. The van der Waals surface area contributed by atoms with Crippen molar-refractivity contribution < 1.29 is 0 Å². The van der Waals surface area contributed by atoms with Crippen LogP contribution in [0.4, 0.5) is 17.5 Å². The maximum Gasteiger partial charge on any atom is 0.158 e. The molecule has 4 rings (SSSR count). The van der Waals surface area contributed by atoms with E-state index in [0.29, 0.717) is 29.8 Å². The predicted molar refractivity (Wildman–Crippen MR) is 93.3 cm³/mol. The van der Waals surface area contributed by atoms with Crippen LogP contribution in [-0.2, 0) is 0 Å². The van der Waals surface area contributed by atoms with Crippen LogP contribution in [0.2, 0.25) is 0 Å². The Balaban J connectivity index is 1.42. The van der Waals surface area contributed by atoms with Crippen molar-refractivity contribution in [1.82, 2.24) is 24.8 Å². The van der Waals surface area contributed by atoms with Gasteiger partial charge in [0.1, 0.15) is 29.9 Å². The van der Waals surface area contributed by atoms with Gasteiger partial charge in [-0.1, -0.05) is 0 Å². The van der Waals surface area contributed by atoms with Crippen molar-refractivity contribution in [1.29, 1.82) is 5.26 Å². The Labute approximate surface area is 146 Å². The highest BCUT2D eigenvalue weighted by Gasteiger charge is 2.38. The number of fused-ring (bicyclic) bond motifs is 2. The molecule has 2 unspecified atom stereocenters. The number of nitriles is 1. The van der Waals surface area contributed by atoms with E-state index in [4.69, 9.17) is 5.26 Å². The standard InChI is InChI=1S/C17H20N8/c1-25-13-2-3-14(25)5-11(4-13)23-15-6-16(22-10-21-15)24-17-9-19-12(7-18)8-20-17/h6,8-11,13-14H,2-5H2,1H3,(H2,20,21,22,23,24). The third-order valence-corrected chi connectivity index (χ3v) is 5.14. The Kier molecular flexibility index (Phi) is 4.15. The van der Waals surface area contributed by atoms with E-state index in [9.17, 15) is 0 Å². The molecule has 0 radical (unpaired) electrons. The number of piperidine rings is 1. The topological polar surface area (TPSA) is 103 Å². The van der Waals surface area contributed by atoms with Crippen LogP contribution in [0, 0.1) is 11.3 Å². The first-order valence-electron chi connectivity index (χ1n) is 8.51. The summed E-state index contributed by atoms with van der Waals surface area (Å²) in [6.07, 6.45) is 9.38. The summed E-state index contributed by atoms with van der Waals surface area (Å²) >= 11 is 0. The summed E-state index contributed by atoms with van der Waals surface area (Å²) in [5.74, 6) is 2.00. The summed E-state index contributed by atoms with van der Waals surface area (Å²) in [4.78, 5) is 19.2. The van der Waals surface area contributed by atoms with Crippen molar-refractivity contribution >= 4 is 17.5 Å². The van der Waals surface area contributed by atoms with Crippen LogP contribution in [0.1, 0.15) is 31.4 Å². The Bertz CT molecular complexity index is 770. The highest BCUT2D eigenvalue weighted by atomic mass is 15.2. The maximum atomic E-state index is 8.76. The molecule has 0 amide bonds. The molecule has 128 valence electrons. The second kappa shape index (κ2) is 6.61. The first-order valence-corrected chi connectivity index (χ1v) is 8.51. The molecule has 2 fully saturated rings. The fourth-order valence-electron chi connectivity index (χ4n) is 3.82. The van der Waals surface area contributed by atoms with Gasteiger partial charge in [0.25, 0.3) is 0 Å². The molecule has 2 aromatic rings. The molecular formula is C17H20N8. The molecule has 4 heterocycles. The van der Waals surface area contributed by atoms with Gasteiger partial charge in [-0.2, -0.15) is 5.26 Å². The van der Waals surface area contributed by atoms with Gasteiger partial charge in [0.2, 0.25) is 0 Å². The van der Waals surface area contributed by atoms with Crippen LogP contribution in [0.25, 0.3) is 0 Å². The van der Waals surface area contributed by atoms with Crippen molar-refractivity contribution in [3.8, 4) is 6.07 Å². The van der Waals surface area contributed by atoms with E-state index in [2.05, 4.69) is 42.5 Å². The van der Waals surface area contributed by atoms with E-state index in [1.165, 1.54) is 31.6 Å². The molecule has 0 spiro atoms. The van der Waals surface area contributed by atoms with Gasteiger partial charge >= 0.3 is 0 Å². The number of anilines is 3. The fraction of sp³-hybridized carbons (Fsp3) is 0.471. The number of hydrogen-bond acceptors (Lipinski definition) is 8. The lowest BCUT2D eigenvalue weighted by atomic mass is 9.98. The van der Waals surface area contributed by atoms with Crippen molar-refractivity contribution in [2.24, 2.45) is 0 Å². The van der Waals surface area contributed by atoms with E-state index < -0.39 is 0 Å². The van der Waals surface area contributed by atoms with Gasteiger partial charge in [0.05, 0.1) is 12.4 Å². The van der Waals surface area contributed by atoms with Crippen molar-refractivity contribution in [2.75, 3.05) is 17.7 Å². The monoisotopic (exact) mass is 336 g/mol. The summed E-state index contributed by atoms with van der Waals surface area (Å²) in [6, 6.07) is 5.64. The van der Waals surface area contributed by atoms with Crippen LogP contribution >= 0.6 is 0 Å². The second-order valence-electron chi connectivity index (χ2n) is 6.68. The van der Waals surface area contributed by atoms with Gasteiger partial charge in [0.15, 0.2) is 5.69 Å². The van der Waals surface area contributed by atoms with E-state index >= 15 is 0 Å². The molecule has 2 aliphatic rings. The highest BCUT2D eigenvalue weighted by Crippen LogP contribution is 2.35. The number of rotatable bonds is 4. The van der Waals surface area contributed by atoms with E-state index in [1.54, 1.807) is 0 Å². The Morgan fingerprint density at radius 1 is 1.04 bits per heavy atom. The number of aromatic nitrogens is 4. The van der Waals surface area contributed by atoms with Gasteiger partial charge in [-0.05, 0) is 32.7 Å². The van der Waals surface area contributed by atoms with Gasteiger partial charge in [-0.25, -0.2) is 19.9 Å². The lowest BCUT2D eigenvalue weighted by Crippen LogP contribution is -2.44. The van der Waals surface area contributed by atoms with Crippen LogP contribution in [0.5, 0.6) is 0 Å². The molecule has 8 heteroatoms. The van der Waals surface area contributed by atoms with Gasteiger partial charge < -0.3 is 15.5 Å². The average Bonchev–Trinajstić information content (AvgIpc) is 2.83. The smallest absolute Gasteiger partial charge is 0.158 e. The van der Waals surface area contributed by atoms with Gasteiger partial charge in [0, 0.05) is 24.2 Å². The molecule has 25 heavy (non-hydrogen) atoms. The third-order valence-electron chi connectivity index (χ3n) is 5.14. The summed E-state index contributed by atoms with van der Waals surface area (Å²) in [7, 11) is 2.24. The Morgan fingerprint density at radius 2 is 1.80 bits per heavy atom. The molecule has 2 N–H and O–H groups in total. The summed E-state index contributed by atoms with van der Waals surface area (Å²) < 4.78 is 0. The lowest BCUT2D eigenvalue weighted by molar-refractivity contribution is 0.169. The normalized spacial score (nSPS) is 25.4. The Morgan fingerprint density at radius 3 is 2.48 bits per heavy atom. The molecule has 2 aromatic heterocycles. The maximum absolute atomic E-state index is 8.76. The minimum Gasteiger partial charge on any atom is -0.367 e. The summed E-state index contributed by atoms with van der Waals surface area (Å²) in [5.41, 5.74) is 0.285. The molecule has 0 saturated carbocycles. The first-order chi connectivity index (χ1) is 12.2. The number of hydrogen-bond donors (Lipinski definition) is 2. The van der Waals surface area contributed by atoms with Crippen LogP contribution < -0.4 is 10.6 Å². The highest BCUT2D eigenvalue weighted by molar-refractivity contribution is 5.55. The molecule has 2 saturated heterocycles. The zero-order chi connectivity index (χ0) is 17.2. The van der Waals surface area contributed by atoms with Crippen molar-refractivity contribution in [2.45, 2.75) is 43.8 Å².